The van der Waals surface area contributed by atoms with E-state index in [2.05, 4.69) is 4.98 Å². The van der Waals surface area contributed by atoms with Crippen LogP contribution in [0, 0.1) is 0 Å². The van der Waals surface area contributed by atoms with E-state index in [0.717, 1.165) is 13.0 Å². The lowest BCUT2D eigenvalue weighted by Gasteiger charge is -2.24. The van der Waals surface area contributed by atoms with Gasteiger partial charge < -0.3 is 14.4 Å². The molecule has 12 nitrogen and oxygen atoms in total. The minimum absolute atomic E-state index is 0.146. The molecular formula is C33H40N6O6. The lowest BCUT2D eigenvalue weighted by atomic mass is 10.1. The zero-order chi connectivity index (χ0) is 31.8. The van der Waals surface area contributed by atoms with Crippen LogP contribution in [0.3, 0.4) is 0 Å². The van der Waals surface area contributed by atoms with E-state index in [-0.39, 0.29) is 42.6 Å². The van der Waals surface area contributed by atoms with Crippen LogP contribution in [0.25, 0.3) is 0 Å². The summed E-state index contributed by atoms with van der Waals surface area (Å²) in [5.74, 6) is 1.34. The SMILES string of the molecule is CCCn1c2c(c(=O)n(CCCOC)c1=O)CC(c1ccc(N(CCCN3CCCC3=O)C(=O)COc3ccccc3)nc1)=N2. The van der Waals surface area contributed by atoms with Gasteiger partial charge in [-0.15, -0.1) is 0 Å². The number of benzene rings is 1. The summed E-state index contributed by atoms with van der Waals surface area (Å²) in [5, 5.41) is 0. The minimum atomic E-state index is -0.363. The van der Waals surface area contributed by atoms with Gasteiger partial charge in [0.25, 0.3) is 11.5 Å². The molecule has 238 valence electrons. The molecule has 2 aromatic heterocycles. The molecule has 0 spiro atoms. The van der Waals surface area contributed by atoms with Crippen molar-refractivity contribution in [1.82, 2.24) is 19.0 Å². The number of methoxy groups -OCH3 is 1. The van der Waals surface area contributed by atoms with E-state index < -0.39 is 0 Å². The quantitative estimate of drug-likeness (QED) is 0.240. The van der Waals surface area contributed by atoms with Crippen molar-refractivity contribution in [2.24, 2.45) is 4.99 Å². The summed E-state index contributed by atoms with van der Waals surface area (Å²) in [4.78, 5) is 64.8. The second kappa shape index (κ2) is 14.9. The van der Waals surface area contributed by atoms with Gasteiger partial charge in [-0.25, -0.2) is 14.8 Å². The Bertz CT molecular complexity index is 1650. The first-order valence-electron chi connectivity index (χ1n) is 15.6. The third kappa shape index (κ3) is 7.39. The van der Waals surface area contributed by atoms with Crippen molar-refractivity contribution >= 4 is 29.2 Å². The summed E-state index contributed by atoms with van der Waals surface area (Å²) in [6.07, 6.45) is 5.21. The third-order valence-electron chi connectivity index (χ3n) is 8.00. The number of nitrogens with zero attached hydrogens (tertiary/aromatic N) is 6. The minimum Gasteiger partial charge on any atom is -0.484 e. The van der Waals surface area contributed by atoms with Crippen LogP contribution < -0.4 is 20.9 Å². The molecule has 45 heavy (non-hydrogen) atoms. The number of carbonyl (C=O) groups is 2. The Morgan fingerprint density at radius 2 is 1.82 bits per heavy atom. The fourth-order valence-electron chi connectivity index (χ4n) is 5.70. The normalized spacial score (nSPS) is 14.0. The molecule has 2 aliphatic heterocycles. The maximum absolute atomic E-state index is 13.4. The molecule has 4 heterocycles. The molecule has 1 aromatic carbocycles. The zero-order valence-corrected chi connectivity index (χ0v) is 25.9. The molecule has 5 rings (SSSR count). The highest BCUT2D eigenvalue weighted by Crippen LogP contribution is 2.26. The summed E-state index contributed by atoms with van der Waals surface area (Å²) in [5.41, 5.74) is 1.14. The van der Waals surface area contributed by atoms with Crippen LogP contribution >= 0.6 is 0 Å². The standard InChI is InChI=1S/C33H40N6O6/c1-3-15-38-31-26(32(42)39(33(38)43)19-9-20-44-2)21-27(35-31)24-13-14-28(34-22-24)37(18-8-17-36-16-7-12-29(36)40)30(41)23-45-25-10-5-4-6-11-25/h4-6,10-11,13-14,22H,3,7-9,12,15-21,23H2,1-2H3. The zero-order valence-electron chi connectivity index (χ0n) is 25.9. The Kier molecular flexibility index (Phi) is 10.6. The second-order valence-corrected chi connectivity index (χ2v) is 11.2. The Labute approximate surface area is 261 Å². The Morgan fingerprint density at radius 3 is 2.51 bits per heavy atom. The molecule has 3 aromatic rings. The number of pyridine rings is 1. The molecule has 0 bridgehead atoms. The predicted molar refractivity (Wildman–Crippen MR) is 171 cm³/mol. The van der Waals surface area contributed by atoms with Crippen molar-refractivity contribution in [3.63, 3.8) is 0 Å². The van der Waals surface area contributed by atoms with Gasteiger partial charge in [-0.3, -0.25) is 28.4 Å². The van der Waals surface area contributed by atoms with Crippen LogP contribution in [0.4, 0.5) is 11.6 Å². The number of para-hydroxylation sites is 1. The fourth-order valence-corrected chi connectivity index (χ4v) is 5.70. The van der Waals surface area contributed by atoms with E-state index in [1.54, 1.807) is 41.0 Å². The number of rotatable bonds is 15. The van der Waals surface area contributed by atoms with E-state index in [9.17, 15) is 19.2 Å². The van der Waals surface area contributed by atoms with Crippen LogP contribution in [0.1, 0.15) is 50.2 Å². The van der Waals surface area contributed by atoms with Gasteiger partial charge in [-0.1, -0.05) is 25.1 Å². The Morgan fingerprint density at radius 1 is 1.00 bits per heavy atom. The number of carbonyl (C=O) groups excluding carboxylic acids is 2. The summed E-state index contributed by atoms with van der Waals surface area (Å²) < 4.78 is 13.7. The first kappa shape index (κ1) is 31.8. The molecule has 0 radical (unpaired) electrons. The van der Waals surface area contributed by atoms with Gasteiger partial charge in [0.1, 0.15) is 17.4 Å². The molecule has 1 fully saturated rings. The summed E-state index contributed by atoms with van der Waals surface area (Å²) in [7, 11) is 1.59. The van der Waals surface area contributed by atoms with Gasteiger partial charge in [-0.05, 0) is 49.9 Å². The van der Waals surface area contributed by atoms with E-state index in [1.807, 2.05) is 36.1 Å². The van der Waals surface area contributed by atoms with Gasteiger partial charge in [-0.2, -0.15) is 0 Å². The number of fused-ring (bicyclic) bond motifs is 1. The highest BCUT2D eigenvalue weighted by Gasteiger charge is 2.27. The first-order chi connectivity index (χ1) is 21.9. The second-order valence-electron chi connectivity index (χ2n) is 11.2. The van der Waals surface area contributed by atoms with Crippen LogP contribution in [-0.2, 0) is 33.8 Å². The maximum Gasteiger partial charge on any atom is 0.332 e. The third-order valence-corrected chi connectivity index (χ3v) is 8.00. The van der Waals surface area contributed by atoms with E-state index in [1.165, 1.54) is 4.57 Å². The van der Waals surface area contributed by atoms with Crippen molar-refractivity contribution in [1.29, 1.82) is 0 Å². The van der Waals surface area contributed by atoms with Crippen molar-refractivity contribution < 1.29 is 19.1 Å². The van der Waals surface area contributed by atoms with Gasteiger partial charge in [0.15, 0.2) is 6.61 Å². The predicted octanol–water partition coefficient (Wildman–Crippen LogP) is 2.95. The maximum atomic E-state index is 13.4. The number of anilines is 1. The van der Waals surface area contributed by atoms with Crippen LogP contribution in [-0.4, -0.2) is 76.5 Å². The van der Waals surface area contributed by atoms with E-state index in [0.29, 0.717) is 86.1 Å². The van der Waals surface area contributed by atoms with Crippen molar-refractivity contribution in [2.75, 3.05) is 44.9 Å². The van der Waals surface area contributed by atoms with Crippen molar-refractivity contribution in [3.8, 4) is 5.75 Å². The molecule has 0 saturated carbocycles. The molecule has 0 N–H and O–H groups in total. The molecule has 0 aliphatic carbocycles. The summed E-state index contributed by atoms with van der Waals surface area (Å²) in [6, 6.07) is 12.7. The largest absolute Gasteiger partial charge is 0.484 e. The summed E-state index contributed by atoms with van der Waals surface area (Å²) in [6.45, 7) is 4.66. The van der Waals surface area contributed by atoms with Crippen molar-refractivity contribution in [2.45, 2.75) is 58.5 Å². The highest BCUT2D eigenvalue weighted by molar-refractivity contribution is 6.06. The average molecular weight is 617 g/mol. The van der Waals surface area contributed by atoms with Gasteiger partial charge in [0, 0.05) is 71.0 Å². The number of amides is 2. The summed E-state index contributed by atoms with van der Waals surface area (Å²) >= 11 is 0. The van der Waals surface area contributed by atoms with E-state index >= 15 is 0 Å². The number of hydrogen-bond donors (Lipinski definition) is 0. The molecule has 2 aliphatic rings. The van der Waals surface area contributed by atoms with Crippen molar-refractivity contribution in [3.05, 3.63) is 80.6 Å². The molecular weight excluding hydrogens is 576 g/mol. The van der Waals surface area contributed by atoms with Gasteiger partial charge in [0.05, 0.1) is 11.3 Å². The number of aromatic nitrogens is 3. The van der Waals surface area contributed by atoms with Crippen LogP contribution in [0.15, 0.2) is 63.2 Å². The topological polar surface area (TPSA) is 128 Å². The number of ether oxygens (including phenoxy) is 2. The average Bonchev–Trinajstić information content (AvgIpc) is 3.69. The smallest absolute Gasteiger partial charge is 0.332 e. The lowest BCUT2D eigenvalue weighted by molar-refractivity contribution is -0.127. The molecule has 1 saturated heterocycles. The van der Waals surface area contributed by atoms with Gasteiger partial charge >= 0.3 is 5.69 Å². The lowest BCUT2D eigenvalue weighted by Crippen LogP contribution is -2.41. The fraction of sp³-hybridized carbons (Fsp3) is 0.455. The van der Waals surface area contributed by atoms with E-state index in [4.69, 9.17) is 14.5 Å². The first-order valence-corrected chi connectivity index (χ1v) is 15.6. The molecule has 0 atom stereocenters. The Balaban J connectivity index is 1.35. The molecule has 12 heteroatoms. The number of aliphatic imine (C=N–C) groups is 1. The Hall–Kier alpha value is -4.58. The van der Waals surface area contributed by atoms with Crippen LogP contribution in [0.5, 0.6) is 5.75 Å². The number of likely N-dealkylation sites (tertiary alicyclic amines) is 1. The monoisotopic (exact) mass is 616 g/mol. The number of hydrogen-bond acceptors (Lipinski definition) is 8. The van der Waals surface area contributed by atoms with Crippen LogP contribution in [0.2, 0.25) is 0 Å². The molecule has 0 unspecified atom stereocenters. The highest BCUT2D eigenvalue weighted by atomic mass is 16.5. The molecule has 2 amide bonds. The van der Waals surface area contributed by atoms with Gasteiger partial charge in [0.2, 0.25) is 5.91 Å².